The predicted molar refractivity (Wildman–Crippen MR) is 85.1 cm³/mol. The third kappa shape index (κ3) is 12.2. The van der Waals surface area contributed by atoms with E-state index in [0.29, 0.717) is 0 Å². The molecule has 0 nitrogen and oxygen atoms in total. The zero-order valence-corrected chi connectivity index (χ0v) is 13.2. The summed E-state index contributed by atoms with van der Waals surface area (Å²) >= 11 is 0. The van der Waals surface area contributed by atoms with Crippen molar-refractivity contribution in [3.05, 3.63) is 12.2 Å². The van der Waals surface area contributed by atoms with Gasteiger partial charge in [-0.1, -0.05) is 90.7 Å². The van der Waals surface area contributed by atoms with E-state index >= 15 is 0 Å². The summed E-state index contributed by atoms with van der Waals surface area (Å²) in [7, 11) is 0. The van der Waals surface area contributed by atoms with Crippen molar-refractivity contribution in [1.29, 1.82) is 0 Å². The van der Waals surface area contributed by atoms with Crippen LogP contribution in [0.3, 0.4) is 0 Å². The van der Waals surface area contributed by atoms with Gasteiger partial charge in [0.1, 0.15) is 0 Å². The summed E-state index contributed by atoms with van der Waals surface area (Å²) in [6, 6.07) is 0. The molecule has 0 aromatic rings. The highest BCUT2D eigenvalue weighted by atomic mass is 14.1. The summed E-state index contributed by atoms with van der Waals surface area (Å²) in [5, 5.41) is 0. The molecular weight excluding hydrogens is 216 g/mol. The van der Waals surface area contributed by atoms with E-state index in [4.69, 9.17) is 0 Å². The van der Waals surface area contributed by atoms with Gasteiger partial charge in [0.2, 0.25) is 0 Å². The monoisotopic (exact) mass is 252 g/mol. The zero-order chi connectivity index (χ0) is 13.5. The smallest absolute Gasteiger partial charge is 0.0322 e. The molecule has 0 saturated carbocycles. The number of rotatable bonds is 13. The van der Waals surface area contributed by atoms with E-state index in [2.05, 4.69) is 32.9 Å². The van der Waals surface area contributed by atoms with E-state index in [-0.39, 0.29) is 0 Å². The van der Waals surface area contributed by atoms with Crippen molar-refractivity contribution in [2.45, 2.75) is 97.8 Å². The first-order valence-electron chi connectivity index (χ1n) is 8.50. The topological polar surface area (TPSA) is 0 Å². The molecule has 0 saturated heterocycles. The van der Waals surface area contributed by atoms with Crippen LogP contribution in [0.25, 0.3) is 0 Å². The SMILES string of the molecule is CCCCCCCC=CCC(CC)CCCCC. The fraction of sp³-hybridized carbons (Fsp3) is 0.889. The highest BCUT2D eigenvalue weighted by Gasteiger charge is 2.02. The normalized spacial score (nSPS) is 13.3. The lowest BCUT2D eigenvalue weighted by atomic mass is 9.95. The highest BCUT2D eigenvalue weighted by Crippen LogP contribution is 2.18. The lowest BCUT2D eigenvalue weighted by Gasteiger charge is -2.11. The van der Waals surface area contributed by atoms with Crippen LogP contribution in [-0.2, 0) is 0 Å². The second-order valence-electron chi connectivity index (χ2n) is 5.68. The zero-order valence-electron chi connectivity index (χ0n) is 13.2. The van der Waals surface area contributed by atoms with Crippen LogP contribution < -0.4 is 0 Å². The Morgan fingerprint density at radius 3 is 2.06 bits per heavy atom. The number of unbranched alkanes of at least 4 members (excludes halogenated alkanes) is 7. The fourth-order valence-corrected chi connectivity index (χ4v) is 2.44. The minimum Gasteiger partial charge on any atom is -0.0885 e. The van der Waals surface area contributed by atoms with E-state index in [9.17, 15) is 0 Å². The Labute approximate surface area is 116 Å². The van der Waals surface area contributed by atoms with Crippen molar-refractivity contribution in [3.63, 3.8) is 0 Å². The molecule has 0 aromatic carbocycles. The lowest BCUT2D eigenvalue weighted by Crippen LogP contribution is -1.96. The predicted octanol–water partition coefficient (Wildman–Crippen LogP) is 6.90. The van der Waals surface area contributed by atoms with Crippen LogP contribution in [0.5, 0.6) is 0 Å². The molecule has 0 aliphatic heterocycles. The molecule has 108 valence electrons. The van der Waals surface area contributed by atoms with Gasteiger partial charge in [0.05, 0.1) is 0 Å². The van der Waals surface area contributed by atoms with Crippen molar-refractivity contribution < 1.29 is 0 Å². The summed E-state index contributed by atoms with van der Waals surface area (Å²) in [4.78, 5) is 0. The van der Waals surface area contributed by atoms with Gasteiger partial charge in [-0.15, -0.1) is 0 Å². The van der Waals surface area contributed by atoms with Crippen molar-refractivity contribution in [2.24, 2.45) is 5.92 Å². The largest absolute Gasteiger partial charge is 0.0885 e. The first-order valence-corrected chi connectivity index (χ1v) is 8.50. The molecule has 0 amide bonds. The summed E-state index contributed by atoms with van der Waals surface area (Å²) < 4.78 is 0. The van der Waals surface area contributed by atoms with E-state index in [1.54, 1.807) is 0 Å². The van der Waals surface area contributed by atoms with Crippen molar-refractivity contribution >= 4 is 0 Å². The molecule has 0 heteroatoms. The van der Waals surface area contributed by atoms with E-state index in [1.165, 1.54) is 77.0 Å². The van der Waals surface area contributed by atoms with Crippen LogP contribution in [0.15, 0.2) is 12.2 Å². The van der Waals surface area contributed by atoms with Crippen LogP contribution in [-0.4, -0.2) is 0 Å². The number of allylic oxidation sites excluding steroid dienone is 2. The molecule has 0 N–H and O–H groups in total. The molecule has 0 aliphatic rings. The molecule has 0 heterocycles. The molecule has 1 unspecified atom stereocenters. The van der Waals surface area contributed by atoms with Crippen LogP contribution in [0, 0.1) is 5.92 Å². The number of hydrogen-bond donors (Lipinski definition) is 0. The summed E-state index contributed by atoms with van der Waals surface area (Å²) in [5.74, 6) is 0.938. The molecule has 0 fully saturated rings. The minimum absolute atomic E-state index is 0.938. The minimum atomic E-state index is 0.938. The molecule has 0 aliphatic carbocycles. The lowest BCUT2D eigenvalue weighted by molar-refractivity contribution is 0.449. The van der Waals surface area contributed by atoms with Gasteiger partial charge in [-0.05, 0) is 25.2 Å². The standard InChI is InChI=1S/C18H36/c1-4-7-9-10-11-12-13-15-17-18(6-3)16-14-8-5-2/h13,15,18H,4-12,14,16-17H2,1-3H3. The third-order valence-corrected chi connectivity index (χ3v) is 3.90. The van der Waals surface area contributed by atoms with Gasteiger partial charge in [-0.2, -0.15) is 0 Å². The van der Waals surface area contributed by atoms with Gasteiger partial charge in [-0.3, -0.25) is 0 Å². The van der Waals surface area contributed by atoms with E-state index in [1.807, 2.05) is 0 Å². The molecule has 0 bridgehead atoms. The highest BCUT2D eigenvalue weighted by molar-refractivity contribution is 4.83. The average molecular weight is 252 g/mol. The Morgan fingerprint density at radius 2 is 1.39 bits per heavy atom. The summed E-state index contributed by atoms with van der Waals surface area (Å²) in [6.45, 7) is 6.91. The van der Waals surface area contributed by atoms with Gasteiger partial charge < -0.3 is 0 Å². The van der Waals surface area contributed by atoms with Crippen molar-refractivity contribution in [3.8, 4) is 0 Å². The Balaban J connectivity index is 3.40. The molecule has 1 atom stereocenters. The van der Waals surface area contributed by atoms with Crippen LogP contribution in [0.2, 0.25) is 0 Å². The molecule has 0 radical (unpaired) electrons. The number of hydrogen-bond acceptors (Lipinski definition) is 0. The second kappa shape index (κ2) is 14.8. The maximum Gasteiger partial charge on any atom is -0.0322 e. The average Bonchev–Trinajstić information content (AvgIpc) is 2.40. The van der Waals surface area contributed by atoms with Crippen LogP contribution >= 0.6 is 0 Å². The van der Waals surface area contributed by atoms with E-state index in [0.717, 1.165) is 5.92 Å². The second-order valence-corrected chi connectivity index (χ2v) is 5.68. The molecule has 18 heavy (non-hydrogen) atoms. The Kier molecular flexibility index (Phi) is 14.6. The fourth-order valence-electron chi connectivity index (χ4n) is 2.44. The first kappa shape index (κ1) is 17.7. The first-order chi connectivity index (χ1) is 8.85. The Morgan fingerprint density at radius 1 is 0.722 bits per heavy atom. The maximum atomic E-state index is 2.44. The van der Waals surface area contributed by atoms with Gasteiger partial charge in [0.15, 0.2) is 0 Å². The van der Waals surface area contributed by atoms with Gasteiger partial charge in [-0.25, -0.2) is 0 Å². The van der Waals surface area contributed by atoms with Gasteiger partial charge in [0.25, 0.3) is 0 Å². The maximum absolute atomic E-state index is 2.44. The molecule has 0 spiro atoms. The van der Waals surface area contributed by atoms with Crippen LogP contribution in [0.1, 0.15) is 97.8 Å². The quantitative estimate of drug-likeness (QED) is 0.247. The third-order valence-electron chi connectivity index (χ3n) is 3.90. The van der Waals surface area contributed by atoms with E-state index < -0.39 is 0 Å². The van der Waals surface area contributed by atoms with Gasteiger partial charge >= 0.3 is 0 Å². The summed E-state index contributed by atoms with van der Waals surface area (Å²) in [5.41, 5.74) is 0. The molecule has 0 rings (SSSR count). The van der Waals surface area contributed by atoms with Crippen molar-refractivity contribution in [1.82, 2.24) is 0 Å². The molecule has 0 aromatic heterocycles. The Bertz CT molecular complexity index is 169. The van der Waals surface area contributed by atoms with Gasteiger partial charge in [0, 0.05) is 0 Å². The van der Waals surface area contributed by atoms with Crippen molar-refractivity contribution in [2.75, 3.05) is 0 Å². The Hall–Kier alpha value is -0.260. The molecular formula is C18H36. The van der Waals surface area contributed by atoms with Crippen LogP contribution in [0.4, 0.5) is 0 Å². The summed E-state index contributed by atoms with van der Waals surface area (Å²) in [6.07, 6.45) is 21.5.